The van der Waals surface area contributed by atoms with Gasteiger partial charge in [0.1, 0.15) is 5.82 Å². The molecule has 5 heteroatoms. The summed E-state index contributed by atoms with van der Waals surface area (Å²) >= 11 is 0. The van der Waals surface area contributed by atoms with Gasteiger partial charge in [0.15, 0.2) is 0 Å². The summed E-state index contributed by atoms with van der Waals surface area (Å²) in [5.41, 5.74) is 7.87. The van der Waals surface area contributed by atoms with Gasteiger partial charge in [-0.1, -0.05) is 36.4 Å². The van der Waals surface area contributed by atoms with Gasteiger partial charge in [0.05, 0.1) is 12.3 Å². The van der Waals surface area contributed by atoms with Gasteiger partial charge in [-0.2, -0.15) is 0 Å². The highest BCUT2D eigenvalue weighted by atomic mass is 19.1. The Kier molecular flexibility index (Phi) is 4.89. The lowest BCUT2D eigenvalue weighted by Gasteiger charge is -2.24. The van der Waals surface area contributed by atoms with Crippen LogP contribution < -0.4 is 10.9 Å². The van der Waals surface area contributed by atoms with Crippen LogP contribution in [-0.4, -0.2) is 11.8 Å². The van der Waals surface area contributed by atoms with E-state index in [-0.39, 0.29) is 30.0 Å². The molecule has 124 valence electrons. The van der Waals surface area contributed by atoms with Crippen molar-refractivity contribution in [2.24, 2.45) is 0 Å². The van der Waals surface area contributed by atoms with Gasteiger partial charge in [-0.15, -0.1) is 0 Å². The molecule has 0 heterocycles. The highest BCUT2D eigenvalue weighted by Gasteiger charge is 2.26. The fraction of sp³-hybridized carbons (Fsp3) is 0.263. The van der Waals surface area contributed by atoms with E-state index in [1.165, 1.54) is 17.7 Å². The third-order valence-electron chi connectivity index (χ3n) is 4.29. The van der Waals surface area contributed by atoms with Gasteiger partial charge in [0, 0.05) is 0 Å². The lowest BCUT2D eigenvalue weighted by Crippen LogP contribution is -2.45. The molecule has 0 radical (unpaired) electrons. The van der Waals surface area contributed by atoms with E-state index in [9.17, 15) is 14.0 Å². The average Bonchev–Trinajstić information content (AvgIpc) is 2.61. The van der Waals surface area contributed by atoms with E-state index < -0.39 is 0 Å². The second-order valence-electron chi connectivity index (χ2n) is 5.98. The first kappa shape index (κ1) is 16.2. The second-order valence-corrected chi connectivity index (χ2v) is 5.98. The molecule has 4 nitrogen and oxygen atoms in total. The number of hydrazine groups is 1. The van der Waals surface area contributed by atoms with Gasteiger partial charge >= 0.3 is 0 Å². The maximum atomic E-state index is 12.8. The Hall–Kier alpha value is -2.69. The number of fused-ring (bicyclic) bond motifs is 1. The molecular weight excluding hydrogens is 307 g/mol. The molecule has 3 rings (SSSR count). The van der Waals surface area contributed by atoms with Crippen LogP contribution >= 0.6 is 0 Å². The van der Waals surface area contributed by atoms with Crippen LogP contribution in [0.4, 0.5) is 4.39 Å². The summed E-state index contributed by atoms with van der Waals surface area (Å²) in [4.78, 5) is 24.3. The van der Waals surface area contributed by atoms with Crippen molar-refractivity contribution in [1.29, 1.82) is 0 Å². The minimum Gasteiger partial charge on any atom is -0.273 e. The number of aryl methyl sites for hydroxylation is 1. The molecule has 0 saturated heterocycles. The van der Waals surface area contributed by atoms with E-state index >= 15 is 0 Å². The predicted octanol–water partition coefficient (Wildman–Crippen LogP) is 2.64. The molecule has 2 N–H and O–H groups in total. The van der Waals surface area contributed by atoms with Crippen LogP contribution in [0.1, 0.15) is 35.4 Å². The van der Waals surface area contributed by atoms with Crippen LogP contribution in [0, 0.1) is 5.82 Å². The number of rotatable bonds is 3. The van der Waals surface area contributed by atoms with E-state index in [4.69, 9.17) is 0 Å². The molecule has 0 aliphatic heterocycles. The Bertz CT molecular complexity index is 743. The molecule has 0 saturated carbocycles. The summed E-state index contributed by atoms with van der Waals surface area (Å²) in [6.07, 6.45) is 2.80. The monoisotopic (exact) mass is 326 g/mol. The molecule has 1 unspecified atom stereocenters. The van der Waals surface area contributed by atoms with Gasteiger partial charge in [-0.3, -0.25) is 20.4 Å². The lowest BCUT2D eigenvalue weighted by atomic mass is 9.82. The number of amides is 2. The molecule has 2 aromatic rings. The van der Waals surface area contributed by atoms with Crippen LogP contribution in [0.15, 0.2) is 48.5 Å². The Morgan fingerprint density at radius 3 is 2.58 bits per heavy atom. The molecule has 24 heavy (non-hydrogen) atoms. The SMILES string of the molecule is O=C(Cc1ccc(F)cc1)NNC(=O)C1CCCc2ccccc21. The van der Waals surface area contributed by atoms with E-state index in [1.54, 1.807) is 12.1 Å². The summed E-state index contributed by atoms with van der Waals surface area (Å²) in [7, 11) is 0. The number of carbonyl (C=O) groups is 2. The van der Waals surface area contributed by atoms with E-state index in [2.05, 4.69) is 10.9 Å². The molecule has 0 bridgehead atoms. The zero-order valence-electron chi connectivity index (χ0n) is 13.2. The third kappa shape index (κ3) is 3.79. The normalized spacial score (nSPS) is 16.1. The maximum absolute atomic E-state index is 12.8. The van der Waals surface area contributed by atoms with Gasteiger partial charge in [0.2, 0.25) is 11.8 Å². The minimum atomic E-state index is -0.344. The summed E-state index contributed by atoms with van der Waals surface area (Å²) in [5, 5.41) is 0. The van der Waals surface area contributed by atoms with Crippen molar-refractivity contribution in [1.82, 2.24) is 10.9 Å². The molecule has 0 fully saturated rings. The number of hydrogen-bond donors (Lipinski definition) is 2. The summed E-state index contributed by atoms with van der Waals surface area (Å²) in [6, 6.07) is 13.6. The van der Waals surface area contributed by atoms with Crippen LogP contribution in [-0.2, 0) is 22.4 Å². The smallest absolute Gasteiger partial charge is 0.245 e. The third-order valence-corrected chi connectivity index (χ3v) is 4.29. The number of halogens is 1. The molecule has 0 aromatic heterocycles. The van der Waals surface area contributed by atoms with Crippen molar-refractivity contribution in [3.8, 4) is 0 Å². The first-order valence-electron chi connectivity index (χ1n) is 8.04. The standard InChI is InChI=1S/C19H19FN2O2/c20-15-10-8-13(9-11-15)12-18(23)21-22-19(24)17-7-3-5-14-4-1-2-6-16(14)17/h1-2,4,6,8-11,17H,3,5,7,12H2,(H,21,23)(H,22,24). The Morgan fingerprint density at radius 1 is 1.04 bits per heavy atom. The quantitative estimate of drug-likeness (QED) is 0.852. The Balaban J connectivity index is 1.56. The zero-order chi connectivity index (χ0) is 16.9. The van der Waals surface area contributed by atoms with Gasteiger partial charge in [0.25, 0.3) is 0 Å². The van der Waals surface area contributed by atoms with Crippen molar-refractivity contribution in [2.45, 2.75) is 31.6 Å². The first-order valence-corrected chi connectivity index (χ1v) is 8.04. The molecule has 2 amide bonds. The van der Waals surface area contributed by atoms with Crippen molar-refractivity contribution in [3.63, 3.8) is 0 Å². The molecule has 1 aliphatic carbocycles. The highest BCUT2D eigenvalue weighted by Crippen LogP contribution is 2.31. The van der Waals surface area contributed by atoms with Crippen LogP contribution in [0.3, 0.4) is 0 Å². The second kappa shape index (κ2) is 7.25. The van der Waals surface area contributed by atoms with Crippen LogP contribution in [0.2, 0.25) is 0 Å². The summed E-state index contributed by atoms with van der Waals surface area (Å²) in [5.74, 6) is -1.11. The molecule has 1 aliphatic rings. The summed E-state index contributed by atoms with van der Waals surface area (Å²) < 4.78 is 12.8. The summed E-state index contributed by atoms with van der Waals surface area (Å²) in [6.45, 7) is 0. The molecule has 0 spiro atoms. The van der Waals surface area contributed by atoms with Gasteiger partial charge in [-0.25, -0.2) is 4.39 Å². The van der Waals surface area contributed by atoms with Gasteiger partial charge < -0.3 is 0 Å². The number of benzene rings is 2. The van der Waals surface area contributed by atoms with Crippen LogP contribution in [0.5, 0.6) is 0 Å². The highest BCUT2D eigenvalue weighted by molar-refractivity contribution is 5.87. The van der Waals surface area contributed by atoms with Crippen LogP contribution in [0.25, 0.3) is 0 Å². The zero-order valence-corrected chi connectivity index (χ0v) is 13.2. The largest absolute Gasteiger partial charge is 0.273 e. The number of hydrogen-bond acceptors (Lipinski definition) is 2. The van der Waals surface area contributed by atoms with Crippen molar-refractivity contribution < 1.29 is 14.0 Å². The van der Waals surface area contributed by atoms with Crippen molar-refractivity contribution >= 4 is 11.8 Å². The van der Waals surface area contributed by atoms with Crippen molar-refractivity contribution in [2.75, 3.05) is 0 Å². The predicted molar refractivity (Wildman–Crippen MR) is 88.5 cm³/mol. The lowest BCUT2D eigenvalue weighted by molar-refractivity contribution is -0.129. The Morgan fingerprint density at radius 2 is 1.79 bits per heavy atom. The van der Waals surface area contributed by atoms with Crippen molar-refractivity contribution in [3.05, 3.63) is 71.0 Å². The van der Waals surface area contributed by atoms with E-state index in [0.717, 1.165) is 24.8 Å². The van der Waals surface area contributed by atoms with E-state index in [1.807, 2.05) is 24.3 Å². The first-order chi connectivity index (χ1) is 11.6. The number of carbonyl (C=O) groups excluding carboxylic acids is 2. The average molecular weight is 326 g/mol. The van der Waals surface area contributed by atoms with Gasteiger partial charge in [-0.05, 0) is 48.1 Å². The Labute approximate surface area is 140 Å². The fourth-order valence-electron chi connectivity index (χ4n) is 3.08. The molecule has 1 atom stereocenters. The fourth-order valence-corrected chi connectivity index (χ4v) is 3.08. The topological polar surface area (TPSA) is 58.2 Å². The maximum Gasteiger partial charge on any atom is 0.245 e. The minimum absolute atomic E-state index is 0.0851. The molecular formula is C19H19FN2O2. The number of nitrogens with one attached hydrogen (secondary N) is 2. The molecule has 2 aromatic carbocycles. The van der Waals surface area contributed by atoms with E-state index in [0.29, 0.717) is 5.56 Å².